The number of hydrogen-bond donors (Lipinski definition) is 2. The molecule has 0 bridgehead atoms. The molecule has 0 radical (unpaired) electrons. The highest BCUT2D eigenvalue weighted by molar-refractivity contribution is 6.74. The van der Waals surface area contributed by atoms with Gasteiger partial charge in [-0.15, -0.1) is 0 Å². The minimum Gasteiger partial charge on any atom is -0.544 e. The van der Waals surface area contributed by atoms with Crippen LogP contribution in [0.3, 0.4) is 0 Å². The maximum absolute atomic E-state index is 6.31. The standard InChI is InChI=1S/C16H28N2OSi/c1-16(2,3)20(4,5)19-14-8-6-13(7-9-14)15-12-17-10-11-18-15/h6-9,15,17-18H,10-12H2,1-5H3. The molecule has 0 aliphatic carbocycles. The van der Waals surface area contributed by atoms with E-state index in [1.54, 1.807) is 0 Å². The molecule has 0 saturated carbocycles. The van der Waals surface area contributed by atoms with E-state index in [0.29, 0.717) is 6.04 Å². The summed E-state index contributed by atoms with van der Waals surface area (Å²) in [4.78, 5) is 0. The lowest BCUT2D eigenvalue weighted by Crippen LogP contribution is -2.44. The second-order valence-electron chi connectivity index (χ2n) is 7.14. The molecule has 3 nitrogen and oxygen atoms in total. The van der Waals surface area contributed by atoms with Gasteiger partial charge in [0.05, 0.1) is 0 Å². The largest absolute Gasteiger partial charge is 0.544 e. The van der Waals surface area contributed by atoms with Crippen LogP contribution in [0.5, 0.6) is 5.75 Å². The Bertz CT molecular complexity index is 431. The summed E-state index contributed by atoms with van der Waals surface area (Å²) in [5.41, 5.74) is 1.33. The van der Waals surface area contributed by atoms with Crippen molar-refractivity contribution in [2.24, 2.45) is 0 Å². The topological polar surface area (TPSA) is 33.3 Å². The number of piperazine rings is 1. The number of benzene rings is 1. The Morgan fingerprint density at radius 1 is 1.10 bits per heavy atom. The van der Waals surface area contributed by atoms with E-state index in [4.69, 9.17) is 4.43 Å². The highest BCUT2D eigenvalue weighted by Crippen LogP contribution is 2.37. The van der Waals surface area contributed by atoms with Gasteiger partial charge in [-0.2, -0.15) is 0 Å². The SMILES string of the molecule is CC(C)(C)[Si](C)(C)Oc1ccc(C2CNCCN2)cc1. The molecule has 1 saturated heterocycles. The van der Waals surface area contributed by atoms with Crippen molar-refractivity contribution < 1.29 is 4.43 Å². The number of rotatable bonds is 3. The van der Waals surface area contributed by atoms with Crippen molar-refractivity contribution in [1.82, 2.24) is 10.6 Å². The Morgan fingerprint density at radius 2 is 1.75 bits per heavy atom. The summed E-state index contributed by atoms with van der Waals surface area (Å²) in [6.45, 7) is 14.5. The van der Waals surface area contributed by atoms with Crippen LogP contribution in [-0.4, -0.2) is 28.0 Å². The van der Waals surface area contributed by atoms with Crippen LogP contribution in [-0.2, 0) is 0 Å². The smallest absolute Gasteiger partial charge is 0.250 e. The van der Waals surface area contributed by atoms with Crippen molar-refractivity contribution >= 4 is 8.32 Å². The molecule has 1 atom stereocenters. The van der Waals surface area contributed by atoms with E-state index in [9.17, 15) is 0 Å². The molecular weight excluding hydrogens is 264 g/mol. The van der Waals surface area contributed by atoms with Crippen LogP contribution in [0.4, 0.5) is 0 Å². The van der Waals surface area contributed by atoms with Gasteiger partial charge in [0.1, 0.15) is 5.75 Å². The Morgan fingerprint density at radius 3 is 2.25 bits per heavy atom. The van der Waals surface area contributed by atoms with Crippen LogP contribution in [0, 0.1) is 0 Å². The lowest BCUT2D eigenvalue weighted by molar-refractivity contribution is 0.429. The Balaban J connectivity index is 2.05. The van der Waals surface area contributed by atoms with Gasteiger partial charge in [0.25, 0.3) is 0 Å². The van der Waals surface area contributed by atoms with Gasteiger partial charge in [0.15, 0.2) is 0 Å². The molecular formula is C16H28N2OSi. The fourth-order valence-corrected chi connectivity index (χ4v) is 3.14. The lowest BCUT2D eigenvalue weighted by Gasteiger charge is -2.36. The first-order valence-corrected chi connectivity index (χ1v) is 10.4. The summed E-state index contributed by atoms with van der Waals surface area (Å²) >= 11 is 0. The second kappa shape index (κ2) is 5.88. The first-order chi connectivity index (χ1) is 9.29. The van der Waals surface area contributed by atoms with Crippen molar-refractivity contribution in [3.8, 4) is 5.75 Å². The maximum Gasteiger partial charge on any atom is 0.250 e. The molecule has 0 spiro atoms. The normalized spacial score (nSPS) is 20.8. The molecule has 1 fully saturated rings. The van der Waals surface area contributed by atoms with E-state index in [1.807, 2.05) is 0 Å². The third kappa shape index (κ3) is 3.62. The average Bonchev–Trinajstić information content (AvgIpc) is 2.39. The number of nitrogens with one attached hydrogen (secondary N) is 2. The van der Waals surface area contributed by atoms with Crippen molar-refractivity contribution in [2.75, 3.05) is 19.6 Å². The summed E-state index contributed by atoms with van der Waals surface area (Å²) in [6, 6.07) is 9.03. The van der Waals surface area contributed by atoms with Crippen molar-refractivity contribution in [3.63, 3.8) is 0 Å². The molecule has 1 unspecified atom stereocenters. The molecule has 0 amide bonds. The molecule has 1 aromatic rings. The lowest BCUT2D eigenvalue weighted by atomic mass is 10.1. The fourth-order valence-electron chi connectivity index (χ4n) is 2.10. The van der Waals surface area contributed by atoms with E-state index in [-0.39, 0.29) is 5.04 Å². The van der Waals surface area contributed by atoms with E-state index in [2.05, 4.69) is 68.8 Å². The zero-order valence-corrected chi connectivity index (χ0v) is 14.4. The van der Waals surface area contributed by atoms with Crippen molar-refractivity contribution in [1.29, 1.82) is 0 Å². The van der Waals surface area contributed by atoms with Gasteiger partial charge in [-0.25, -0.2) is 0 Å². The minimum absolute atomic E-state index is 0.237. The third-order valence-corrected chi connectivity index (χ3v) is 8.86. The van der Waals surface area contributed by atoms with Gasteiger partial charge in [-0.1, -0.05) is 32.9 Å². The van der Waals surface area contributed by atoms with Crippen LogP contribution in [0.15, 0.2) is 24.3 Å². The summed E-state index contributed by atoms with van der Waals surface area (Å²) in [7, 11) is -1.73. The molecule has 1 aromatic carbocycles. The summed E-state index contributed by atoms with van der Waals surface area (Å²) in [5, 5.41) is 7.19. The summed E-state index contributed by atoms with van der Waals surface area (Å²) in [6.07, 6.45) is 0. The summed E-state index contributed by atoms with van der Waals surface area (Å²) in [5.74, 6) is 1.00. The maximum atomic E-state index is 6.31. The van der Waals surface area contributed by atoms with Gasteiger partial charge in [0, 0.05) is 25.7 Å². The molecule has 2 rings (SSSR count). The van der Waals surface area contributed by atoms with Gasteiger partial charge >= 0.3 is 0 Å². The molecule has 2 N–H and O–H groups in total. The molecule has 4 heteroatoms. The highest BCUT2D eigenvalue weighted by Gasteiger charge is 2.38. The van der Waals surface area contributed by atoms with Gasteiger partial charge in [-0.05, 0) is 35.8 Å². The Kier molecular flexibility index (Phi) is 4.57. The fraction of sp³-hybridized carbons (Fsp3) is 0.625. The average molecular weight is 292 g/mol. The van der Waals surface area contributed by atoms with Crippen molar-refractivity contribution in [2.45, 2.75) is 44.9 Å². The van der Waals surface area contributed by atoms with Crippen LogP contribution < -0.4 is 15.1 Å². The minimum atomic E-state index is -1.73. The van der Waals surface area contributed by atoms with E-state index < -0.39 is 8.32 Å². The molecule has 1 heterocycles. The van der Waals surface area contributed by atoms with E-state index in [0.717, 1.165) is 25.4 Å². The molecule has 1 aliphatic rings. The zero-order chi connectivity index (χ0) is 14.8. The van der Waals surface area contributed by atoms with Gasteiger partial charge in [0.2, 0.25) is 8.32 Å². The first kappa shape index (κ1) is 15.5. The molecule has 112 valence electrons. The second-order valence-corrected chi connectivity index (χ2v) is 11.9. The van der Waals surface area contributed by atoms with Crippen LogP contribution >= 0.6 is 0 Å². The predicted octanol–water partition coefficient (Wildman–Crippen LogP) is 3.30. The Labute approximate surface area is 124 Å². The first-order valence-electron chi connectivity index (χ1n) is 7.53. The summed E-state index contributed by atoms with van der Waals surface area (Å²) < 4.78 is 6.31. The zero-order valence-electron chi connectivity index (χ0n) is 13.4. The molecule has 0 aromatic heterocycles. The number of hydrogen-bond acceptors (Lipinski definition) is 3. The molecule has 20 heavy (non-hydrogen) atoms. The van der Waals surface area contributed by atoms with Crippen LogP contribution in [0.2, 0.25) is 18.1 Å². The third-order valence-electron chi connectivity index (χ3n) is 4.50. The van der Waals surface area contributed by atoms with Gasteiger partial charge in [-0.3, -0.25) is 0 Å². The monoisotopic (exact) mass is 292 g/mol. The molecule has 1 aliphatic heterocycles. The highest BCUT2D eigenvalue weighted by atomic mass is 28.4. The Hall–Kier alpha value is -0.843. The van der Waals surface area contributed by atoms with Crippen molar-refractivity contribution in [3.05, 3.63) is 29.8 Å². The van der Waals surface area contributed by atoms with Crippen LogP contribution in [0.25, 0.3) is 0 Å². The van der Waals surface area contributed by atoms with E-state index >= 15 is 0 Å². The quantitative estimate of drug-likeness (QED) is 0.839. The van der Waals surface area contributed by atoms with Crippen LogP contribution in [0.1, 0.15) is 32.4 Å². The van der Waals surface area contributed by atoms with Gasteiger partial charge < -0.3 is 15.1 Å². The van der Waals surface area contributed by atoms with E-state index in [1.165, 1.54) is 5.56 Å². The predicted molar refractivity (Wildman–Crippen MR) is 87.9 cm³/mol.